The summed E-state index contributed by atoms with van der Waals surface area (Å²) in [6, 6.07) is 6.72. The monoisotopic (exact) mass is 324 g/mol. The zero-order valence-corrected chi connectivity index (χ0v) is 13.7. The van der Waals surface area contributed by atoms with E-state index in [1.54, 1.807) is 0 Å². The molecule has 0 saturated carbocycles. The van der Waals surface area contributed by atoms with E-state index in [9.17, 15) is 0 Å². The summed E-state index contributed by atoms with van der Waals surface area (Å²) in [5, 5.41) is 0. The highest BCUT2D eigenvalue weighted by Gasteiger charge is 2.34. The Hall–Kier alpha value is -0.540. The molecule has 0 spiro atoms. The van der Waals surface area contributed by atoms with Gasteiger partial charge in [0.15, 0.2) is 0 Å². The van der Waals surface area contributed by atoms with Gasteiger partial charge < -0.3 is 10.6 Å². The Morgan fingerprint density at radius 2 is 2.05 bits per heavy atom. The molecule has 3 heteroatoms. The van der Waals surface area contributed by atoms with Gasteiger partial charge >= 0.3 is 0 Å². The van der Waals surface area contributed by atoms with E-state index in [0.717, 1.165) is 6.42 Å². The molecule has 2 nitrogen and oxygen atoms in total. The van der Waals surface area contributed by atoms with Crippen LogP contribution < -0.4 is 10.6 Å². The first-order valence-corrected chi connectivity index (χ1v) is 8.17. The van der Waals surface area contributed by atoms with E-state index in [1.165, 1.54) is 48.1 Å². The molecule has 0 amide bonds. The van der Waals surface area contributed by atoms with E-state index >= 15 is 0 Å². The maximum Gasteiger partial charge on any atom is 0.0377 e. The van der Waals surface area contributed by atoms with Gasteiger partial charge in [-0.15, -0.1) is 0 Å². The van der Waals surface area contributed by atoms with Gasteiger partial charge in [0, 0.05) is 23.2 Å². The fourth-order valence-corrected chi connectivity index (χ4v) is 3.64. The van der Waals surface area contributed by atoms with Crippen LogP contribution in [0.5, 0.6) is 0 Å². The van der Waals surface area contributed by atoms with E-state index in [2.05, 4.69) is 52.9 Å². The molecular formula is C16H25BrN2. The average Bonchev–Trinajstić information content (AvgIpc) is 2.86. The Labute approximate surface area is 125 Å². The molecule has 0 unspecified atom stereocenters. The minimum absolute atomic E-state index is 0.530. The van der Waals surface area contributed by atoms with Crippen molar-refractivity contribution in [2.45, 2.75) is 39.5 Å². The van der Waals surface area contributed by atoms with Crippen LogP contribution in [0.1, 0.15) is 38.7 Å². The second kappa shape index (κ2) is 6.27. The smallest absolute Gasteiger partial charge is 0.0377 e. The lowest BCUT2D eigenvalue weighted by Crippen LogP contribution is -2.26. The average molecular weight is 325 g/mol. The second-order valence-electron chi connectivity index (χ2n) is 5.69. The maximum atomic E-state index is 5.63. The highest BCUT2D eigenvalue weighted by atomic mass is 79.9. The lowest BCUT2D eigenvalue weighted by molar-refractivity contribution is 0.301. The summed E-state index contributed by atoms with van der Waals surface area (Å²) < 4.78 is 1.20. The van der Waals surface area contributed by atoms with Crippen molar-refractivity contribution in [2.24, 2.45) is 11.1 Å². The summed E-state index contributed by atoms with van der Waals surface area (Å²) >= 11 is 3.68. The number of hydrogen-bond acceptors (Lipinski definition) is 2. The summed E-state index contributed by atoms with van der Waals surface area (Å²) in [5.41, 5.74) is 8.81. The second-order valence-corrected chi connectivity index (χ2v) is 6.55. The molecule has 1 aliphatic rings. The Morgan fingerprint density at radius 1 is 1.32 bits per heavy atom. The third-order valence-electron chi connectivity index (χ3n) is 4.75. The van der Waals surface area contributed by atoms with E-state index in [4.69, 9.17) is 5.73 Å². The SMILES string of the molecule is CCC1(CC)CCN(c2ccc(CCN)c(Br)c2)C1. The zero-order chi connectivity index (χ0) is 13.9. The van der Waals surface area contributed by atoms with Crippen LogP contribution in [0.2, 0.25) is 0 Å². The van der Waals surface area contributed by atoms with Crippen LogP contribution in [-0.4, -0.2) is 19.6 Å². The molecule has 1 saturated heterocycles. The molecule has 2 rings (SSSR count). The number of anilines is 1. The number of nitrogens with two attached hydrogens (primary N) is 1. The number of halogens is 1. The van der Waals surface area contributed by atoms with Crippen molar-refractivity contribution in [1.29, 1.82) is 0 Å². The molecule has 106 valence electrons. The zero-order valence-electron chi connectivity index (χ0n) is 12.1. The molecule has 1 fully saturated rings. The van der Waals surface area contributed by atoms with Crippen molar-refractivity contribution in [3.63, 3.8) is 0 Å². The van der Waals surface area contributed by atoms with E-state index in [1.807, 2.05) is 0 Å². The number of rotatable bonds is 5. The van der Waals surface area contributed by atoms with E-state index in [0.29, 0.717) is 12.0 Å². The standard InChI is InChI=1S/C16H25BrN2/c1-3-16(4-2)8-10-19(12-16)14-6-5-13(7-9-18)15(17)11-14/h5-6,11H,3-4,7-10,12,18H2,1-2H3. The quantitative estimate of drug-likeness (QED) is 0.888. The fourth-order valence-electron chi connectivity index (χ4n) is 3.07. The molecular weight excluding hydrogens is 300 g/mol. The summed E-state index contributed by atoms with van der Waals surface area (Å²) in [5.74, 6) is 0. The highest BCUT2D eigenvalue weighted by molar-refractivity contribution is 9.10. The minimum Gasteiger partial charge on any atom is -0.371 e. The summed E-state index contributed by atoms with van der Waals surface area (Å²) in [6.45, 7) is 7.74. The van der Waals surface area contributed by atoms with Gasteiger partial charge in [0.05, 0.1) is 0 Å². The first kappa shape index (κ1) is 14.9. The van der Waals surface area contributed by atoms with Crippen LogP contribution in [0.25, 0.3) is 0 Å². The summed E-state index contributed by atoms with van der Waals surface area (Å²) in [7, 11) is 0. The van der Waals surface area contributed by atoms with Crippen molar-refractivity contribution in [3.8, 4) is 0 Å². The van der Waals surface area contributed by atoms with E-state index in [-0.39, 0.29) is 0 Å². The van der Waals surface area contributed by atoms with Gasteiger partial charge in [0.25, 0.3) is 0 Å². The molecule has 0 radical (unpaired) electrons. The van der Waals surface area contributed by atoms with Crippen molar-refractivity contribution in [2.75, 3.05) is 24.5 Å². The first-order valence-electron chi connectivity index (χ1n) is 7.37. The molecule has 2 N–H and O–H groups in total. The van der Waals surface area contributed by atoms with Crippen LogP contribution in [0.4, 0.5) is 5.69 Å². The van der Waals surface area contributed by atoms with E-state index < -0.39 is 0 Å². The molecule has 1 aliphatic heterocycles. The summed E-state index contributed by atoms with van der Waals surface area (Å²) in [6.07, 6.45) is 4.83. The number of nitrogens with zero attached hydrogens (tertiary/aromatic N) is 1. The first-order chi connectivity index (χ1) is 9.14. The van der Waals surface area contributed by atoms with Gasteiger partial charge in [-0.3, -0.25) is 0 Å². The van der Waals surface area contributed by atoms with Crippen LogP contribution in [0, 0.1) is 5.41 Å². The van der Waals surface area contributed by atoms with Gasteiger partial charge in [-0.25, -0.2) is 0 Å². The van der Waals surface area contributed by atoms with Crippen LogP contribution >= 0.6 is 15.9 Å². The summed E-state index contributed by atoms with van der Waals surface area (Å²) in [4.78, 5) is 2.53. The fraction of sp³-hybridized carbons (Fsp3) is 0.625. The van der Waals surface area contributed by atoms with Crippen LogP contribution in [0.3, 0.4) is 0 Å². The normalized spacial score (nSPS) is 18.0. The van der Waals surface area contributed by atoms with Gasteiger partial charge in [0.2, 0.25) is 0 Å². The predicted octanol–water partition coefficient (Wildman–Crippen LogP) is 3.97. The predicted molar refractivity (Wildman–Crippen MR) is 86.7 cm³/mol. The van der Waals surface area contributed by atoms with Crippen molar-refractivity contribution < 1.29 is 0 Å². The Morgan fingerprint density at radius 3 is 2.58 bits per heavy atom. The van der Waals surface area contributed by atoms with Crippen molar-refractivity contribution in [1.82, 2.24) is 0 Å². The molecule has 1 aromatic carbocycles. The van der Waals surface area contributed by atoms with Crippen LogP contribution in [0.15, 0.2) is 22.7 Å². The molecule has 0 bridgehead atoms. The maximum absolute atomic E-state index is 5.63. The Balaban J connectivity index is 2.13. The molecule has 19 heavy (non-hydrogen) atoms. The molecule has 0 aromatic heterocycles. The third kappa shape index (κ3) is 3.14. The largest absolute Gasteiger partial charge is 0.371 e. The molecule has 0 atom stereocenters. The number of hydrogen-bond donors (Lipinski definition) is 1. The van der Waals surface area contributed by atoms with Gasteiger partial charge in [-0.1, -0.05) is 35.8 Å². The Bertz CT molecular complexity index is 427. The van der Waals surface area contributed by atoms with Crippen LogP contribution in [-0.2, 0) is 6.42 Å². The highest BCUT2D eigenvalue weighted by Crippen LogP contribution is 2.39. The molecule has 1 heterocycles. The topological polar surface area (TPSA) is 29.3 Å². The molecule has 0 aliphatic carbocycles. The van der Waals surface area contributed by atoms with Crippen molar-refractivity contribution in [3.05, 3.63) is 28.2 Å². The lowest BCUT2D eigenvalue weighted by Gasteiger charge is -2.27. The van der Waals surface area contributed by atoms with Gasteiger partial charge in [0.1, 0.15) is 0 Å². The molecule has 1 aromatic rings. The number of benzene rings is 1. The third-order valence-corrected chi connectivity index (χ3v) is 5.49. The lowest BCUT2D eigenvalue weighted by atomic mass is 9.82. The van der Waals surface area contributed by atoms with Crippen molar-refractivity contribution >= 4 is 21.6 Å². The Kier molecular flexibility index (Phi) is 4.91. The minimum atomic E-state index is 0.530. The van der Waals surface area contributed by atoms with Gasteiger partial charge in [-0.2, -0.15) is 0 Å². The van der Waals surface area contributed by atoms with Gasteiger partial charge in [-0.05, 0) is 55.3 Å².